The number of hydrogen-bond acceptors (Lipinski definition) is 6. The molecule has 2 N–H and O–H groups in total. The fourth-order valence-electron chi connectivity index (χ4n) is 2.79. The molecule has 1 aromatic heterocycles. The SMILES string of the molecule is CON=c1sc2cc(N3C[C@H](C(N)=O)OC3=O)ccc2n1C(C)(C)C. The molecule has 1 aliphatic rings. The highest BCUT2D eigenvalue weighted by Crippen LogP contribution is 2.30. The minimum Gasteiger partial charge on any atom is -0.434 e. The quantitative estimate of drug-likeness (QED) is 0.839. The van der Waals surface area contributed by atoms with Gasteiger partial charge in [-0.25, -0.2) is 4.79 Å². The van der Waals surface area contributed by atoms with Gasteiger partial charge in [-0.05, 0) is 39.0 Å². The summed E-state index contributed by atoms with van der Waals surface area (Å²) in [6, 6.07) is 5.62. The molecule has 1 saturated heterocycles. The van der Waals surface area contributed by atoms with Gasteiger partial charge in [0.2, 0.25) is 4.80 Å². The monoisotopic (exact) mass is 364 g/mol. The number of hydrogen-bond donors (Lipinski definition) is 1. The third-order valence-electron chi connectivity index (χ3n) is 3.86. The van der Waals surface area contributed by atoms with E-state index in [9.17, 15) is 9.59 Å². The van der Waals surface area contributed by atoms with Crippen molar-refractivity contribution in [3.8, 4) is 0 Å². The summed E-state index contributed by atoms with van der Waals surface area (Å²) in [6.45, 7) is 6.35. The molecule has 9 heteroatoms. The van der Waals surface area contributed by atoms with Gasteiger partial charge in [0.15, 0.2) is 6.10 Å². The van der Waals surface area contributed by atoms with Crippen LogP contribution in [0.25, 0.3) is 10.2 Å². The van der Waals surface area contributed by atoms with Crippen molar-refractivity contribution in [2.75, 3.05) is 18.6 Å². The molecular formula is C16H20N4O4S. The van der Waals surface area contributed by atoms with Gasteiger partial charge in [0.1, 0.15) is 7.11 Å². The highest BCUT2D eigenvalue weighted by molar-refractivity contribution is 7.16. The average Bonchev–Trinajstić information content (AvgIpc) is 3.06. The van der Waals surface area contributed by atoms with Crippen molar-refractivity contribution >= 4 is 39.2 Å². The van der Waals surface area contributed by atoms with Crippen LogP contribution in [0.1, 0.15) is 20.8 Å². The van der Waals surface area contributed by atoms with Gasteiger partial charge in [0, 0.05) is 11.2 Å². The number of carbonyl (C=O) groups excluding carboxylic acids is 2. The first kappa shape index (κ1) is 17.3. The molecule has 0 bridgehead atoms. The molecule has 2 heterocycles. The normalized spacial score (nSPS) is 18.7. The van der Waals surface area contributed by atoms with Crippen LogP contribution < -0.4 is 15.4 Å². The Morgan fingerprint density at radius 3 is 2.72 bits per heavy atom. The van der Waals surface area contributed by atoms with Crippen LogP contribution >= 0.6 is 11.3 Å². The molecule has 2 aromatic rings. The largest absolute Gasteiger partial charge is 0.434 e. The topological polar surface area (TPSA) is 99.2 Å². The van der Waals surface area contributed by atoms with Crippen molar-refractivity contribution in [2.24, 2.45) is 10.9 Å². The second-order valence-corrected chi connectivity index (χ2v) is 7.71. The average molecular weight is 364 g/mol. The van der Waals surface area contributed by atoms with Gasteiger partial charge in [-0.15, -0.1) is 0 Å². The lowest BCUT2D eigenvalue weighted by atomic mass is 10.1. The van der Waals surface area contributed by atoms with E-state index in [1.54, 1.807) is 0 Å². The van der Waals surface area contributed by atoms with E-state index in [-0.39, 0.29) is 12.1 Å². The second kappa shape index (κ2) is 6.07. The first-order valence-corrected chi connectivity index (χ1v) is 8.55. The van der Waals surface area contributed by atoms with Gasteiger partial charge in [-0.3, -0.25) is 9.69 Å². The highest BCUT2D eigenvalue weighted by atomic mass is 32.1. The van der Waals surface area contributed by atoms with Gasteiger partial charge in [0.25, 0.3) is 5.91 Å². The van der Waals surface area contributed by atoms with Crippen LogP contribution in [-0.4, -0.2) is 36.3 Å². The van der Waals surface area contributed by atoms with Crippen LogP contribution in [0.2, 0.25) is 0 Å². The molecule has 0 aliphatic carbocycles. The third kappa shape index (κ3) is 3.07. The van der Waals surface area contributed by atoms with Crippen LogP contribution in [0.3, 0.4) is 0 Å². The number of primary amides is 1. The standard InChI is InChI=1S/C16H20N4O4S/c1-16(2,3)20-10-6-5-9(7-12(10)25-14(20)18-23-4)19-8-11(13(17)21)24-15(19)22/h5-7,11H,8H2,1-4H3,(H2,17,21)/t11-/m1/s1. The van der Waals surface area contributed by atoms with Crippen LogP contribution in [0.4, 0.5) is 10.5 Å². The Bertz CT molecular complexity index is 909. The van der Waals surface area contributed by atoms with Crippen molar-refractivity contribution in [1.82, 2.24) is 4.57 Å². The summed E-state index contributed by atoms with van der Waals surface area (Å²) in [4.78, 5) is 30.4. The Hall–Kier alpha value is -2.55. The summed E-state index contributed by atoms with van der Waals surface area (Å²) in [6.07, 6.45) is -1.50. The number of nitrogens with two attached hydrogens (primary N) is 1. The predicted octanol–water partition coefficient (Wildman–Crippen LogP) is 1.73. The van der Waals surface area contributed by atoms with Crippen molar-refractivity contribution in [3.05, 3.63) is 23.0 Å². The van der Waals surface area contributed by atoms with E-state index in [0.717, 1.165) is 15.0 Å². The highest BCUT2D eigenvalue weighted by Gasteiger charge is 2.36. The predicted molar refractivity (Wildman–Crippen MR) is 94.2 cm³/mol. The number of thiazole rings is 1. The Morgan fingerprint density at radius 2 is 2.16 bits per heavy atom. The zero-order chi connectivity index (χ0) is 18.4. The maximum Gasteiger partial charge on any atom is 0.415 e. The summed E-state index contributed by atoms with van der Waals surface area (Å²) in [5.41, 5.74) is 6.66. The molecule has 0 unspecified atom stereocenters. The fourth-order valence-corrected chi connectivity index (χ4v) is 4.01. The van der Waals surface area contributed by atoms with Crippen molar-refractivity contribution in [3.63, 3.8) is 0 Å². The maximum atomic E-state index is 12.0. The van der Waals surface area contributed by atoms with Gasteiger partial charge in [0.05, 0.1) is 16.8 Å². The Labute approximate surface area is 148 Å². The molecule has 0 saturated carbocycles. The number of benzene rings is 1. The zero-order valence-corrected chi connectivity index (χ0v) is 15.3. The summed E-state index contributed by atoms with van der Waals surface area (Å²) >= 11 is 1.46. The van der Waals surface area contributed by atoms with Crippen LogP contribution in [0.15, 0.2) is 23.4 Å². The summed E-state index contributed by atoms with van der Waals surface area (Å²) in [5.74, 6) is -0.653. The maximum absolute atomic E-state index is 12.0. The molecule has 1 aromatic carbocycles. The molecule has 25 heavy (non-hydrogen) atoms. The molecule has 1 aliphatic heterocycles. The molecule has 0 spiro atoms. The van der Waals surface area contributed by atoms with E-state index in [1.807, 2.05) is 18.2 Å². The van der Waals surface area contributed by atoms with Crippen LogP contribution in [0.5, 0.6) is 0 Å². The number of aromatic nitrogens is 1. The van der Waals surface area contributed by atoms with Crippen LogP contribution in [0, 0.1) is 0 Å². The van der Waals surface area contributed by atoms with Gasteiger partial charge in [-0.1, -0.05) is 16.5 Å². The van der Waals surface area contributed by atoms with E-state index in [4.69, 9.17) is 15.3 Å². The first-order valence-electron chi connectivity index (χ1n) is 7.73. The summed E-state index contributed by atoms with van der Waals surface area (Å²) in [7, 11) is 1.51. The summed E-state index contributed by atoms with van der Waals surface area (Å²) in [5, 5.41) is 4.10. The number of ether oxygens (including phenoxy) is 1. The fraction of sp³-hybridized carbons (Fsp3) is 0.438. The van der Waals surface area contributed by atoms with Crippen molar-refractivity contribution in [1.29, 1.82) is 0 Å². The van der Waals surface area contributed by atoms with E-state index in [1.165, 1.54) is 23.3 Å². The van der Waals surface area contributed by atoms with E-state index in [2.05, 4.69) is 30.5 Å². The van der Waals surface area contributed by atoms with Crippen LogP contribution in [-0.2, 0) is 19.9 Å². The lowest BCUT2D eigenvalue weighted by Crippen LogP contribution is -2.32. The lowest BCUT2D eigenvalue weighted by Gasteiger charge is -2.22. The molecule has 3 rings (SSSR count). The lowest BCUT2D eigenvalue weighted by molar-refractivity contribution is -0.124. The molecule has 1 atom stereocenters. The first-order chi connectivity index (χ1) is 11.7. The van der Waals surface area contributed by atoms with Crippen molar-refractivity contribution in [2.45, 2.75) is 32.4 Å². The molecular weight excluding hydrogens is 344 g/mol. The molecule has 1 fully saturated rings. The molecule has 0 radical (unpaired) electrons. The second-order valence-electron chi connectivity index (χ2n) is 6.70. The Morgan fingerprint density at radius 1 is 1.44 bits per heavy atom. The Balaban J connectivity index is 2.09. The smallest absolute Gasteiger partial charge is 0.415 e. The Kier molecular flexibility index (Phi) is 4.19. The minimum atomic E-state index is -0.926. The number of cyclic esters (lactones) is 1. The van der Waals surface area contributed by atoms with Gasteiger partial charge >= 0.3 is 6.09 Å². The summed E-state index contributed by atoms with van der Waals surface area (Å²) < 4.78 is 8.02. The third-order valence-corrected chi connectivity index (χ3v) is 4.84. The molecule has 134 valence electrons. The van der Waals surface area contributed by atoms with E-state index in [0.29, 0.717) is 5.69 Å². The van der Waals surface area contributed by atoms with Gasteiger partial charge in [-0.2, -0.15) is 0 Å². The van der Waals surface area contributed by atoms with Crippen molar-refractivity contribution < 1.29 is 19.2 Å². The van der Waals surface area contributed by atoms with E-state index < -0.39 is 18.1 Å². The number of rotatable bonds is 3. The number of fused-ring (bicyclic) bond motifs is 1. The molecule has 8 nitrogen and oxygen atoms in total. The van der Waals surface area contributed by atoms with E-state index >= 15 is 0 Å². The number of nitrogens with zero attached hydrogens (tertiary/aromatic N) is 3. The number of anilines is 1. The minimum absolute atomic E-state index is 0.111. The number of carbonyl (C=O) groups is 2. The molecule has 2 amide bonds. The van der Waals surface area contributed by atoms with Gasteiger partial charge < -0.3 is 19.9 Å². The zero-order valence-electron chi connectivity index (χ0n) is 14.5. The number of amides is 2.